The molecule has 0 saturated heterocycles. The molecule has 4 nitrogen and oxygen atoms in total. The van der Waals surface area contributed by atoms with Gasteiger partial charge < -0.3 is 15.8 Å². The molecule has 0 aromatic heterocycles. The highest BCUT2D eigenvalue weighted by molar-refractivity contribution is 5.78. The maximum Gasteiger partial charge on any atom is 0.258 e. The van der Waals surface area contributed by atoms with Gasteiger partial charge in [-0.2, -0.15) is 0 Å². The van der Waals surface area contributed by atoms with Crippen molar-refractivity contribution < 1.29 is 9.53 Å². The van der Waals surface area contributed by atoms with E-state index in [-0.39, 0.29) is 18.6 Å². The van der Waals surface area contributed by atoms with Crippen molar-refractivity contribution >= 4 is 11.6 Å². The zero-order chi connectivity index (χ0) is 12.1. The van der Waals surface area contributed by atoms with Gasteiger partial charge in [0.2, 0.25) is 0 Å². The van der Waals surface area contributed by atoms with E-state index in [9.17, 15) is 4.79 Å². The standard InChI is InChI=1S/C13H16N2O2/c14-10-4-3-7-12(8-10)17-9-13(16)15-11-5-1-2-6-11/h1-4,7-8,11H,5-6,9,14H2,(H,15,16). The Kier molecular flexibility index (Phi) is 3.65. The van der Waals surface area contributed by atoms with Crippen LogP contribution in [-0.4, -0.2) is 18.6 Å². The maximum absolute atomic E-state index is 11.6. The molecule has 4 heteroatoms. The van der Waals surface area contributed by atoms with E-state index >= 15 is 0 Å². The molecule has 0 unspecified atom stereocenters. The van der Waals surface area contributed by atoms with Crippen LogP contribution in [0, 0.1) is 0 Å². The van der Waals surface area contributed by atoms with Gasteiger partial charge in [0, 0.05) is 17.8 Å². The molecule has 1 aliphatic rings. The molecule has 2 rings (SSSR count). The van der Waals surface area contributed by atoms with Crippen molar-refractivity contribution in [2.45, 2.75) is 18.9 Å². The van der Waals surface area contributed by atoms with Crippen LogP contribution in [0.1, 0.15) is 12.8 Å². The topological polar surface area (TPSA) is 64.3 Å². The summed E-state index contributed by atoms with van der Waals surface area (Å²) >= 11 is 0. The number of rotatable bonds is 4. The zero-order valence-corrected chi connectivity index (χ0v) is 9.56. The number of nitrogens with one attached hydrogen (secondary N) is 1. The minimum absolute atomic E-state index is 0.0277. The molecule has 1 amide bonds. The number of nitrogens with two attached hydrogens (primary N) is 1. The minimum Gasteiger partial charge on any atom is -0.484 e. The molecular formula is C13H16N2O2. The number of amides is 1. The maximum atomic E-state index is 11.6. The Morgan fingerprint density at radius 2 is 2.18 bits per heavy atom. The van der Waals surface area contributed by atoms with Gasteiger partial charge >= 0.3 is 0 Å². The van der Waals surface area contributed by atoms with Gasteiger partial charge in [0.05, 0.1) is 0 Å². The number of carbonyl (C=O) groups excluding carboxylic acids is 1. The molecule has 1 aromatic carbocycles. The van der Waals surface area contributed by atoms with E-state index in [1.807, 2.05) is 0 Å². The molecule has 1 aliphatic carbocycles. The minimum atomic E-state index is -0.0962. The lowest BCUT2D eigenvalue weighted by Gasteiger charge is -2.12. The highest BCUT2D eigenvalue weighted by Crippen LogP contribution is 2.14. The van der Waals surface area contributed by atoms with Gasteiger partial charge in [0.15, 0.2) is 6.61 Å². The highest BCUT2D eigenvalue weighted by Gasteiger charge is 2.13. The largest absolute Gasteiger partial charge is 0.484 e. The summed E-state index contributed by atoms with van der Waals surface area (Å²) in [6.45, 7) is 0.0277. The Balaban J connectivity index is 1.76. The Morgan fingerprint density at radius 3 is 2.88 bits per heavy atom. The molecule has 0 fully saturated rings. The first-order valence-electron chi connectivity index (χ1n) is 5.67. The van der Waals surface area contributed by atoms with E-state index in [4.69, 9.17) is 10.5 Å². The highest BCUT2D eigenvalue weighted by atomic mass is 16.5. The Labute approximate surface area is 100 Å². The third-order valence-corrected chi connectivity index (χ3v) is 2.60. The van der Waals surface area contributed by atoms with Crippen molar-refractivity contribution in [1.29, 1.82) is 0 Å². The first kappa shape index (κ1) is 11.5. The summed E-state index contributed by atoms with van der Waals surface area (Å²) in [5.74, 6) is 0.519. The first-order chi connectivity index (χ1) is 8.24. The summed E-state index contributed by atoms with van der Waals surface area (Å²) in [5.41, 5.74) is 6.24. The van der Waals surface area contributed by atoms with Gasteiger partial charge in [-0.3, -0.25) is 4.79 Å². The molecule has 3 N–H and O–H groups in total. The molecule has 17 heavy (non-hydrogen) atoms. The quantitative estimate of drug-likeness (QED) is 0.610. The molecule has 1 aromatic rings. The van der Waals surface area contributed by atoms with Gasteiger partial charge in [0.1, 0.15) is 5.75 Å². The van der Waals surface area contributed by atoms with Crippen molar-refractivity contribution in [3.8, 4) is 5.75 Å². The number of anilines is 1. The second kappa shape index (κ2) is 5.39. The number of ether oxygens (including phenoxy) is 1. The fourth-order valence-corrected chi connectivity index (χ4v) is 1.76. The van der Waals surface area contributed by atoms with Crippen LogP contribution < -0.4 is 15.8 Å². The van der Waals surface area contributed by atoms with E-state index in [0.29, 0.717) is 11.4 Å². The SMILES string of the molecule is Nc1cccc(OCC(=O)NC2CC=CC2)c1. The molecule has 0 saturated carbocycles. The summed E-state index contributed by atoms with van der Waals surface area (Å²) in [6, 6.07) is 7.28. The van der Waals surface area contributed by atoms with Crippen molar-refractivity contribution in [2.75, 3.05) is 12.3 Å². The predicted octanol–water partition coefficient (Wildman–Crippen LogP) is 1.48. The van der Waals surface area contributed by atoms with Gasteiger partial charge in [-0.05, 0) is 25.0 Å². The fraction of sp³-hybridized carbons (Fsp3) is 0.308. The summed E-state index contributed by atoms with van der Waals surface area (Å²) in [4.78, 5) is 11.6. The van der Waals surface area contributed by atoms with Crippen LogP contribution >= 0.6 is 0 Å². The van der Waals surface area contributed by atoms with E-state index in [0.717, 1.165) is 12.8 Å². The van der Waals surface area contributed by atoms with Crippen LogP contribution in [0.25, 0.3) is 0 Å². The summed E-state index contributed by atoms with van der Waals surface area (Å²) < 4.78 is 5.35. The number of hydrogen-bond acceptors (Lipinski definition) is 3. The van der Waals surface area contributed by atoms with Crippen LogP contribution in [0.2, 0.25) is 0 Å². The first-order valence-corrected chi connectivity index (χ1v) is 5.67. The third-order valence-electron chi connectivity index (χ3n) is 2.60. The second-order valence-electron chi connectivity index (χ2n) is 4.07. The normalized spacial score (nSPS) is 14.8. The van der Waals surface area contributed by atoms with Gasteiger partial charge in [-0.1, -0.05) is 18.2 Å². The number of nitrogen functional groups attached to an aromatic ring is 1. The average molecular weight is 232 g/mol. The Hall–Kier alpha value is -1.97. The van der Waals surface area contributed by atoms with Gasteiger partial charge in [-0.15, -0.1) is 0 Å². The van der Waals surface area contributed by atoms with Crippen LogP contribution in [0.3, 0.4) is 0 Å². The number of carbonyl (C=O) groups is 1. The zero-order valence-electron chi connectivity index (χ0n) is 9.56. The predicted molar refractivity (Wildman–Crippen MR) is 66.7 cm³/mol. The molecular weight excluding hydrogens is 216 g/mol. The molecule has 0 atom stereocenters. The van der Waals surface area contributed by atoms with Crippen LogP contribution in [0.15, 0.2) is 36.4 Å². The molecule has 0 bridgehead atoms. The smallest absolute Gasteiger partial charge is 0.258 e. The number of benzene rings is 1. The average Bonchev–Trinajstić information content (AvgIpc) is 2.79. The summed E-state index contributed by atoms with van der Waals surface area (Å²) in [6.07, 6.45) is 5.96. The Morgan fingerprint density at radius 1 is 1.41 bits per heavy atom. The summed E-state index contributed by atoms with van der Waals surface area (Å²) in [5, 5.41) is 2.91. The van der Waals surface area contributed by atoms with Gasteiger partial charge in [-0.25, -0.2) is 0 Å². The lowest BCUT2D eigenvalue weighted by Crippen LogP contribution is -2.36. The number of hydrogen-bond donors (Lipinski definition) is 2. The molecule has 0 heterocycles. The van der Waals surface area contributed by atoms with Crippen LogP contribution in [-0.2, 0) is 4.79 Å². The Bertz CT molecular complexity index is 421. The van der Waals surface area contributed by atoms with Crippen molar-refractivity contribution in [2.24, 2.45) is 0 Å². The van der Waals surface area contributed by atoms with Crippen molar-refractivity contribution in [1.82, 2.24) is 5.32 Å². The third kappa shape index (κ3) is 3.52. The van der Waals surface area contributed by atoms with Crippen LogP contribution in [0.4, 0.5) is 5.69 Å². The van der Waals surface area contributed by atoms with E-state index in [1.54, 1.807) is 24.3 Å². The molecule has 0 radical (unpaired) electrons. The van der Waals surface area contributed by atoms with Crippen molar-refractivity contribution in [3.63, 3.8) is 0 Å². The summed E-state index contributed by atoms with van der Waals surface area (Å²) in [7, 11) is 0. The monoisotopic (exact) mass is 232 g/mol. The van der Waals surface area contributed by atoms with E-state index < -0.39 is 0 Å². The molecule has 0 spiro atoms. The molecule has 90 valence electrons. The van der Waals surface area contributed by atoms with Crippen LogP contribution in [0.5, 0.6) is 5.75 Å². The van der Waals surface area contributed by atoms with E-state index in [1.165, 1.54) is 0 Å². The second-order valence-corrected chi connectivity index (χ2v) is 4.07. The van der Waals surface area contributed by atoms with E-state index in [2.05, 4.69) is 17.5 Å². The van der Waals surface area contributed by atoms with Crippen molar-refractivity contribution in [3.05, 3.63) is 36.4 Å². The van der Waals surface area contributed by atoms with Gasteiger partial charge in [0.25, 0.3) is 5.91 Å². The molecule has 0 aliphatic heterocycles. The lowest BCUT2D eigenvalue weighted by molar-refractivity contribution is -0.123. The fourth-order valence-electron chi connectivity index (χ4n) is 1.76. The lowest BCUT2D eigenvalue weighted by atomic mass is 10.2.